The smallest absolute Gasteiger partial charge is 0.337 e. The molecule has 13 heavy (non-hydrogen) atoms. The molecule has 0 radical (unpaired) electrons. The average Bonchev–Trinajstić information content (AvgIpc) is 2.01. The van der Waals surface area contributed by atoms with Gasteiger partial charge in [-0.1, -0.05) is 6.08 Å². The normalized spacial score (nSPS) is 15.3. The number of carboxylic acids is 1. The quantitative estimate of drug-likeness (QED) is 0.518. The Hall–Kier alpha value is -1.36. The van der Waals surface area contributed by atoms with Crippen LogP contribution in [0.5, 0.6) is 0 Å². The lowest BCUT2D eigenvalue weighted by atomic mass is 10.1. The first kappa shape index (κ1) is 11.6. The number of rotatable bonds is 4. The van der Waals surface area contributed by atoms with E-state index in [2.05, 4.69) is 5.32 Å². The topological polar surface area (TPSA) is 86.6 Å². The van der Waals surface area contributed by atoms with E-state index in [1.165, 1.54) is 12.2 Å². The summed E-state index contributed by atoms with van der Waals surface area (Å²) in [5.41, 5.74) is -1.92. The number of aliphatic carboxylic acids is 1. The Labute approximate surface area is 76.1 Å². The molecule has 0 rings (SSSR count). The Kier molecular flexibility index (Phi) is 4.13. The highest BCUT2D eigenvalue weighted by molar-refractivity contribution is 5.88. The molecular formula is C8H13NO4. The number of hydrogen-bond acceptors (Lipinski definition) is 3. The van der Waals surface area contributed by atoms with Crippen molar-refractivity contribution in [2.45, 2.75) is 19.4 Å². The third kappa shape index (κ3) is 4.27. The van der Waals surface area contributed by atoms with Crippen LogP contribution >= 0.6 is 0 Å². The summed E-state index contributed by atoms with van der Waals surface area (Å²) in [5.74, 6) is -1.79. The van der Waals surface area contributed by atoms with E-state index < -0.39 is 17.5 Å². The Bertz CT molecular complexity index is 232. The highest BCUT2D eigenvalue weighted by Crippen LogP contribution is 2.00. The predicted octanol–water partition coefficient (Wildman–Crippen LogP) is -0.486. The lowest BCUT2D eigenvalue weighted by molar-refractivity contribution is -0.156. The molecule has 0 saturated carbocycles. The van der Waals surface area contributed by atoms with Crippen LogP contribution in [0.15, 0.2) is 12.2 Å². The first-order valence-corrected chi connectivity index (χ1v) is 3.76. The molecule has 1 amide bonds. The van der Waals surface area contributed by atoms with Crippen molar-refractivity contribution in [1.82, 2.24) is 5.32 Å². The monoisotopic (exact) mass is 187 g/mol. The molecule has 0 saturated heterocycles. The second-order valence-corrected chi connectivity index (χ2v) is 2.80. The summed E-state index contributed by atoms with van der Waals surface area (Å²) in [5, 5.41) is 19.9. The molecule has 1 atom stereocenters. The molecule has 0 aromatic rings. The van der Waals surface area contributed by atoms with Crippen LogP contribution in [0.3, 0.4) is 0 Å². The van der Waals surface area contributed by atoms with Gasteiger partial charge in [0.1, 0.15) is 0 Å². The summed E-state index contributed by atoms with van der Waals surface area (Å²) in [6.45, 7) is 2.46. The SMILES string of the molecule is CC=CC(=O)NCC(C)(O)C(=O)O. The van der Waals surface area contributed by atoms with Gasteiger partial charge in [-0.25, -0.2) is 4.79 Å². The van der Waals surface area contributed by atoms with Crippen molar-refractivity contribution >= 4 is 11.9 Å². The maximum atomic E-state index is 10.8. The van der Waals surface area contributed by atoms with E-state index in [4.69, 9.17) is 5.11 Å². The van der Waals surface area contributed by atoms with Crippen molar-refractivity contribution in [3.05, 3.63) is 12.2 Å². The summed E-state index contributed by atoms with van der Waals surface area (Å²) in [6, 6.07) is 0. The van der Waals surface area contributed by atoms with Crippen molar-refractivity contribution in [3.8, 4) is 0 Å². The zero-order valence-corrected chi connectivity index (χ0v) is 7.57. The van der Waals surface area contributed by atoms with Gasteiger partial charge in [-0.05, 0) is 19.9 Å². The summed E-state index contributed by atoms with van der Waals surface area (Å²) < 4.78 is 0. The number of allylic oxidation sites excluding steroid dienone is 1. The Morgan fingerprint density at radius 1 is 1.54 bits per heavy atom. The minimum absolute atomic E-state index is 0.314. The van der Waals surface area contributed by atoms with Crippen LogP contribution in [-0.4, -0.2) is 34.2 Å². The summed E-state index contributed by atoms with van der Waals surface area (Å²) in [7, 11) is 0. The van der Waals surface area contributed by atoms with Gasteiger partial charge in [-0.15, -0.1) is 0 Å². The zero-order chi connectivity index (χ0) is 10.5. The molecule has 74 valence electrons. The highest BCUT2D eigenvalue weighted by atomic mass is 16.4. The van der Waals surface area contributed by atoms with E-state index in [0.717, 1.165) is 6.92 Å². The average molecular weight is 187 g/mol. The molecule has 0 bridgehead atoms. The minimum atomic E-state index is -1.92. The maximum Gasteiger partial charge on any atom is 0.337 e. The lowest BCUT2D eigenvalue weighted by Crippen LogP contribution is -2.46. The molecule has 0 aliphatic heterocycles. The fourth-order valence-corrected chi connectivity index (χ4v) is 0.545. The number of carbonyl (C=O) groups is 2. The second kappa shape index (κ2) is 4.61. The van der Waals surface area contributed by atoms with Crippen LogP contribution in [0.1, 0.15) is 13.8 Å². The molecule has 0 aliphatic rings. The summed E-state index contributed by atoms with van der Waals surface area (Å²) >= 11 is 0. The van der Waals surface area contributed by atoms with Crippen molar-refractivity contribution < 1.29 is 19.8 Å². The molecule has 0 spiro atoms. The molecule has 0 aromatic heterocycles. The van der Waals surface area contributed by atoms with E-state index in [-0.39, 0.29) is 6.54 Å². The zero-order valence-electron chi connectivity index (χ0n) is 7.57. The van der Waals surface area contributed by atoms with Crippen molar-refractivity contribution in [2.24, 2.45) is 0 Å². The summed E-state index contributed by atoms with van der Waals surface area (Å²) in [4.78, 5) is 21.2. The number of aliphatic hydroxyl groups is 1. The van der Waals surface area contributed by atoms with Crippen LogP contribution < -0.4 is 5.32 Å². The molecule has 0 aliphatic carbocycles. The van der Waals surface area contributed by atoms with E-state index in [1.807, 2.05) is 0 Å². The van der Waals surface area contributed by atoms with Gasteiger partial charge in [0.15, 0.2) is 5.60 Å². The molecule has 0 heterocycles. The molecule has 0 fully saturated rings. The van der Waals surface area contributed by atoms with Crippen molar-refractivity contribution in [2.75, 3.05) is 6.54 Å². The Morgan fingerprint density at radius 3 is 2.46 bits per heavy atom. The lowest BCUT2D eigenvalue weighted by Gasteiger charge is -2.17. The number of hydrogen-bond donors (Lipinski definition) is 3. The minimum Gasteiger partial charge on any atom is -0.479 e. The van der Waals surface area contributed by atoms with Crippen molar-refractivity contribution in [3.63, 3.8) is 0 Å². The van der Waals surface area contributed by atoms with Gasteiger partial charge in [-0.2, -0.15) is 0 Å². The molecular weight excluding hydrogens is 174 g/mol. The number of carbonyl (C=O) groups excluding carboxylic acids is 1. The first-order valence-electron chi connectivity index (χ1n) is 3.76. The van der Waals surface area contributed by atoms with Gasteiger partial charge in [0.2, 0.25) is 5.91 Å². The van der Waals surface area contributed by atoms with Crippen LogP contribution in [-0.2, 0) is 9.59 Å². The van der Waals surface area contributed by atoms with Gasteiger partial charge in [-0.3, -0.25) is 4.79 Å². The fourth-order valence-electron chi connectivity index (χ4n) is 0.545. The van der Waals surface area contributed by atoms with E-state index in [9.17, 15) is 14.7 Å². The van der Waals surface area contributed by atoms with E-state index in [1.54, 1.807) is 6.92 Å². The van der Waals surface area contributed by atoms with Gasteiger partial charge in [0, 0.05) is 0 Å². The summed E-state index contributed by atoms with van der Waals surface area (Å²) in [6.07, 6.45) is 2.77. The predicted molar refractivity (Wildman–Crippen MR) is 46.1 cm³/mol. The van der Waals surface area contributed by atoms with Gasteiger partial charge < -0.3 is 15.5 Å². The third-order valence-electron chi connectivity index (χ3n) is 1.39. The van der Waals surface area contributed by atoms with Gasteiger partial charge >= 0.3 is 5.97 Å². The van der Waals surface area contributed by atoms with E-state index >= 15 is 0 Å². The van der Waals surface area contributed by atoms with Crippen LogP contribution in [0.2, 0.25) is 0 Å². The number of nitrogens with one attached hydrogen (secondary N) is 1. The molecule has 0 aromatic carbocycles. The van der Waals surface area contributed by atoms with Gasteiger partial charge in [0.05, 0.1) is 6.54 Å². The second-order valence-electron chi connectivity index (χ2n) is 2.80. The molecule has 1 unspecified atom stereocenters. The maximum absolute atomic E-state index is 10.8. The highest BCUT2D eigenvalue weighted by Gasteiger charge is 2.29. The van der Waals surface area contributed by atoms with E-state index in [0.29, 0.717) is 0 Å². The largest absolute Gasteiger partial charge is 0.479 e. The Morgan fingerprint density at radius 2 is 2.08 bits per heavy atom. The van der Waals surface area contributed by atoms with Crippen molar-refractivity contribution in [1.29, 1.82) is 0 Å². The van der Waals surface area contributed by atoms with Crippen LogP contribution in [0, 0.1) is 0 Å². The molecule has 5 nitrogen and oxygen atoms in total. The standard InChI is InChI=1S/C8H13NO4/c1-3-4-6(10)9-5-8(2,13)7(11)12/h3-4,13H,5H2,1-2H3,(H,9,10)(H,11,12). The Balaban J connectivity index is 4.02. The van der Waals surface area contributed by atoms with Crippen LogP contribution in [0.25, 0.3) is 0 Å². The molecule has 3 N–H and O–H groups in total. The third-order valence-corrected chi connectivity index (χ3v) is 1.39. The van der Waals surface area contributed by atoms with Crippen LogP contribution in [0.4, 0.5) is 0 Å². The fraction of sp³-hybridized carbons (Fsp3) is 0.500. The van der Waals surface area contributed by atoms with Gasteiger partial charge in [0.25, 0.3) is 0 Å². The number of carboxylic acid groups (broad SMARTS) is 1. The molecule has 5 heteroatoms. The number of amides is 1. The first-order chi connectivity index (χ1) is 5.90.